The highest BCUT2D eigenvalue weighted by Crippen LogP contribution is 2.36. The number of fused-ring (bicyclic) bond motifs is 1. The predicted molar refractivity (Wildman–Crippen MR) is 104 cm³/mol. The van der Waals surface area contributed by atoms with Crippen molar-refractivity contribution in [3.05, 3.63) is 53.6 Å². The van der Waals surface area contributed by atoms with Crippen molar-refractivity contribution in [1.29, 1.82) is 0 Å². The summed E-state index contributed by atoms with van der Waals surface area (Å²) >= 11 is 0. The van der Waals surface area contributed by atoms with Gasteiger partial charge in [-0.2, -0.15) is 0 Å². The zero-order valence-electron chi connectivity index (χ0n) is 15.6. The van der Waals surface area contributed by atoms with E-state index in [1.807, 2.05) is 6.92 Å². The molecular formula is C19H20N2O6S. The number of ether oxygens (including phenoxy) is 2. The van der Waals surface area contributed by atoms with E-state index in [0.29, 0.717) is 11.4 Å². The largest absolute Gasteiger partial charge is 0.476 e. The second-order valence-electron chi connectivity index (χ2n) is 6.40. The molecule has 148 valence electrons. The molecule has 0 bridgehead atoms. The molecule has 1 unspecified atom stereocenters. The van der Waals surface area contributed by atoms with Gasteiger partial charge in [0.15, 0.2) is 6.10 Å². The number of carbonyl (C=O) groups is 2. The van der Waals surface area contributed by atoms with Crippen LogP contribution in [0.4, 0.5) is 11.4 Å². The Kier molecular flexibility index (Phi) is 5.28. The van der Waals surface area contributed by atoms with E-state index in [-0.39, 0.29) is 17.8 Å². The zero-order chi connectivity index (χ0) is 20.5. The highest BCUT2D eigenvalue weighted by atomic mass is 32.2. The lowest BCUT2D eigenvalue weighted by Gasteiger charge is -2.34. The van der Waals surface area contributed by atoms with Gasteiger partial charge in [-0.25, -0.2) is 13.2 Å². The van der Waals surface area contributed by atoms with Gasteiger partial charge in [-0.05, 0) is 36.8 Å². The van der Waals surface area contributed by atoms with Crippen LogP contribution in [0.15, 0.2) is 42.5 Å². The fourth-order valence-electron chi connectivity index (χ4n) is 2.91. The van der Waals surface area contributed by atoms with Crippen LogP contribution >= 0.6 is 0 Å². The third kappa shape index (κ3) is 3.94. The standard InChI is InChI=1S/C19H20N2O6S/c1-12-8-9-16-15(10-12)21(28(3,24)25)11-17(27-16)18(22)20-14-7-5-4-6-13(14)19(23)26-2/h4-10,17H,11H2,1-3H3,(H,20,22). The Bertz CT molecular complexity index is 1030. The number of para-hydroxylation sites is 1. The average Bonchev–Trinajstić information content (AvgIpc) is 2.66. The van der Waals surface area contributed by atoms with Crippen LogP contribution in [0.25, 0.3) is 0 Å². The monoisotopic (exact) mass is 404 g/mol. The normalized spacial score (nSPS) is 16.0. The molecule has 2 aromatic rings. The maximum Gasteiger partial charge on any atom is 0.339 e. The van der Waals surface area contributed by atoms with E-state index in [9.17, 15) is 18.0 Å². The number of nitrogens with zero attached hydrogens (tertiary/aromatic N) is 1. The Morgan fingerprint density at radius 1 is 1.21 bits per heavy atom. The molecule has 8 nitrogen and oxygen atoms in total. The summed E-state index contributed by atoms with van der Waals surface area (Å²) < 4.78 is 36.1. The summed E-state index contributed by atoms with van der Waals surface area (Å²) in [4.78, 5) is 24.6. The van der Waals surface area contributed by atoms with E-state index in [2.05, 4.69) is 5.32 Å². The summed E-state index contributed by atoms with van der Waals surface area (Å²) in [5.41, 5.74) is 1.70. The lowest BCUT2D eigenvalue weighted by molar-refractivity contribution is -0.122. The lowest BCUT2D eigenvalue weighted by Crippen LogP contribution is -2.48. The van der Waals surface area contributed by atoms with Crippen molar-refractivity contribution in [2.75, 3.05) is 29.5 Å². The average molecular weight is 404 g/mol. The first-order valence-corrected chi connectivity index (χ1v) is 10.3. The SMILES string of the molecule is COC(=O)c1ccccc1NC(=O)C1CN(S(C)(=O)=O)c2cc(C)ccc2O1. The summed E-state index contributed by atoms with van der Waals surface area (Å²) in [7, 11) is -2.38. The number of carbonyl (C=O) groups excluding carboxylic acids is 2. The van der Waals surface area contributed by atoms with Gasteiger partial charge >= 0.3 is 5.97 Å². The van der Waals surface area contributed by atoms with Gasteiger partial charge < -0.3 is 14.8 Å². The van der Waals surface area contributed by atoms with Crippen LogP contribution in [0.3, 0.4) is 0 Å². The van der Waals surface area contributed by atoms with Crippen molar-refractivity contribution in [2.45, 2.75) is 13.0 Å². The van der Waals surface area contributed by atoms with Crippen molar-refractivity contribution in [2.24, 2.45) is 0 Å². The summed E-state index contributed by atoms with van der Waals surface area (Å²) in [6.45, 7) is 1.66. The number of aryl methyl sites for hydroxylation is 1. The predicted octanol–water partition coefficient (Wildman–Crippen LogP) is 1.95. The van der Waals surface area contributed by atoms with Crippen LogP contribution in [0.5, 0.6) is 5.75 Å². The van der Waals surface area contributed by atoms with Gasteiger partial charge in [0.25, 0.3) is 5.91 Å². The molecule has 0 aromatic heterocycles. The number of nitrogens with one attached hydrogen (secondary N) is 1. The highest BCUT2D eigenvalue weighted by Gasteiger charge is 2.35. The lowest BCUT2D eigenvalue weighted by atomic mass is 10.1. The van der Waals surface area contributed by atoms with E-state index in [0.717, 1.165) is 16.1 Å². The number of amides is 1. The first-order valence-electron chi connectivity index (χ1n) is 8.44. The molecule has 1 aliphatic rings. The van der Waals surface area contributed by atoms with Crippen molar-refractivity contribution in [3.63, 3.8) is 0 Å². The van der Waals surface area contributed by atoms with Crippen molar-refractivity contribution < 1.29 is 27.5 Å². The number of esters is 1. The molecule has 0 saturated carbocycles. The van der Waals surface area contributed by atoms with E-state index in [1.54, 1.807) is 36.4 Å². The number of methoxy groups -OCH3 is 1. The Morgan fingerprint density at radius 2 is 1.93 bits per heavy atom. The van der Waals surface area contributed by atoms with Crippen molar-refractivity contribution in [3.8, 4) is 5.75 Å². The quantitative estimate of drug-likeness (QED) is 0.782. The number of hydrogen-bond acceptors (Lipinski definition) is 6. The smallest absolute Gasteiger partial charge is 0.339 e. The van der Waals surface area contributed by atoms with Crippen LogP contribution in [0.1, 0.15) is 15.9 Å². The molecule has 0 saturated heterocycles. The second-order valence-corrected chi connectivity index (χ2v) is 8.30. The molecule has 1 N–H and O–H groups in total. The topological polar surface area (TPSA) is 102 Å². The van der Waals surface area contributed by atoms with Crippen molar-refractivity contribution in [1.82, 2.24) is 0 Å². The molecule has 0 radical (unpaired) electrons. The first-order chi connectivity index (χ1) is 13.2. The van der Waals surface area contributed by atoms with Crippen LogP contribution in [0, 0.1) is 6.92 Å². The van der Waals surface area contributed by atoms with Gasteiger partial charge in [-0.3, -0.25) is 9.10 Å². The number of anilines is 2. The fourth-order valence-corrected chi connectivity index (χ4v) is 3.81. The molecule has 28 heavy (non-hydrogen) atoms. The van der Waals surface area contributed by atoms with Gasteiger partial charge in [-0.1, -0.05) is 18.2 Å². The van der Waals surface area contributed by atoms with Gasteiger partial charge in [-0.15, -0.1) is 0 Å². The minimum atomic E-state index is -3.62. The molecule has 0 fully saturated rings. The molecule has 1 atom stereocenters. The Morgan fingerprint density at radius 3 is 2.61 bits per heavy atom. The molecule has 1 heterocycles. The van der Waals surface area contributed by atoms with E-state index >= 15 is 0 Å². The Hall–Kier alpha value is -3.07. The summed E-state index contributed by atoms with van der Waals surface area (Å²) in [6, 6.07) is 11.5. The number of rotatable bonds is 4. The molecule has 1 amide bonds. The zero-order valence-corrected chi connectivity index (χ0v) is 16.4. The minimum Gasteiger partial charge on any atom is -0.476 e. The molecule has 2 aromatic carbocycles. The summed E-state index contributed by atoms with van der Waals surface area (Å²) in [5.74, 6) is -0.876. The van der Waals surface area contributed by atoms with E-state index in [4.69, 9.17) is 9.47 Å². The fraction of sp³-hybridized carbons (Fsp3) is 0.263. The number of benzene rings is 2. The third-order valence-electron chi connectivity index (χ3n) is 4.27. The van der Waals surface area contributed by atoms with Gasteiger partial charge in [0.1, 0.15) is 5.75 Å². The van der Waals surface area contributed by atoms with Crippen LogP contribution in [-0.4, -0.2) is 46.3 Å². The van der Waals surface area contributed by atoms with Gasteiger partial charge in [0, 0.05) is 0 Å². The van der Waals surface area contributed by atoms with Crippen LogP contribution < -0.4 is 14.4 Å². The summed E-state index contributed by atoms with van der Waals surface area (Å²) in [5, 5.41) is 2.62. The van der Waals surface area contributed by atoms with Crippen LogP contribution in [0.2, 0.25) is 0 Å². The summed E-state index contributed by atoms with van der Waals surface area (Å²) in [6.07, 6.45) is -0.0120. The molecule has 0 spiro atoms. The van der Waals surface area contributed by atoms with E-state index in [1.165, 1.54) is 13.2 Å². The van der Waals surface area contributed by atoms with Crippen molar-refractivity contribution >= 4 is 33.3 Å². The maximum absolute atomic E-state index is 12.8. The molecular weight excluding hydrogens is 384 g/mol. The molecule has 9 heteroatoms. The highest BCUT2D eigenvalue weighted by molar-refractivity contribution is 7.92. The van der Waals surface area contributed by atoms with Gasteiger partial charge in [0.2, 0.25) is 10.0 Å². The Balaban J connectivity index is 1.90. The minimum absolute atomic E-state index is 0.179. The maximum atomic E-state index is 12.8. The molecule has 1 aliphatic heterocycles. The third-order valence-corrected chi connectivity index (χ3v) is 5.41. The van der Waals surface area contributed by atoms with E-state index < -0.39 is 28.0 Å². The number of hydrogen-bond donors (Lipinski definition) is 1. The molecule has 0 aliphatic carbocycles. The Labute approximate surface area is 163 Å². The van der Waals surface area contributed by atoms with Crippen LogP contribution in [-0.2, 0) is 19.6 Å². The first kappa shape index (κ1) is 19.7. The molecule has 3 rings (SSSR count). The number of sulfonamides is 1. The second kappa shape index (κ2) is 7.51. The van der Waals surface area contributed by atoms with Gasteiger partial charge in [0.05, 0.1) is 36.8 Å².